The summed E-state index contributed by atoms with van der Waals surface area (Å²) in [7, 11) is 1.83. The SMILES string of the molecule is CN1CCN(c2cnn(C3CN(Cc4ccccc4)C3)c2)C1=O. The van der Waals surface area contributed by atoms with Gasteiger partial charge >= 0.3 is 6.03 Å². The molecule has 2 fully saturated rings. The second-order valence-electron chi connectivity index (χ2n) is 6.37. The molecule has 2 aromatic rings. The number of benzene rings is 1. The molecule has 23 heavy (non-hydrogen) atoms. The van der Waals surface area contributed by atoms with Crippen LogP contribution in [0.25, 0.3) is 0 Å². The minimum Gasteiger partial charge on any atom is -0.326 e. The molecule has 6 nitrogen and oxygen atoms in total. The summed E-state index contributed by atoms with van der Waals surface area (Å²) in [6.45, 7) is 4.51. The first-order valence-electron chi connectivity index (χ1n) is 8.04. The number of hydrogen-bond acceptors (Lipinski definition) is 3. The van der Waals surface area contributed by atoms with Gasteiger partial charge in [-0.25, -0.2) is 4.79 Å². The molecule has 6 heteroatoms. The van der Waals surface area contributed by atoms with Crippen molar-refractivity contribution in [3.05, 3.63) is 48.3 Å². The number of likely N-dealkylation sites (N-methyl/N-ethyl adjacent to an activating group) is 1. The third kappa shape index (κ3) is 2.70. The van der Waals surface area contributed by atoms with Crippen LogP contribution in [0.15, 0.2) is 42.7 Å². The monoisotopic (exact) mass is 311 g/mol. The van der Waals surface area contributed by atoms with E-state index in [0.29, 0.717) is 6.04 Å². The number of carbonyl (C=O) groups excluding carboxylic acids is 1. The number of hydrogen-bond donors (Lipinski definition) is 0. The highest BCUT2D eigenvalue weighted by molar-refractivity contribution is 5.93. The standard InChI is InChI=1S/C17H21N5O/c1-19-7-8-21(17(19)23)15-9-18-22(13-15)16-11-20(12-16)10-14-5-3-2-4-6-14/h2-6,9,13,16H,7-8,10-12H2,1H3. The Bertz CT molecular complexity index is 692. The smallest absolute Gasteiger partial charge is 0.324 e. The lowest BCUT2D eigenvalue weighted by Gasteiger charge is -2.39. The van der Waals surface area contributed by atoms with Crippen LogP contribution in [-0.2, 0) is 6.54 Å². The summed E-state index contributed by atoms with van der Waals surface area (Å²) >= 11 is 0. The number of likely N-dealkylation sites (tertiary alicyclic amines) is 1. The number of urea groups is 1. The normalized spacial score (nSPS) is 19.4. The van der Waals surface area contributed by atoms with Crippen molar-refractivity contribution < 1.29 is 4.79 Å². The van der Waals surface area contributed by atoms with Gasteiger partial charge in [-0.05, 0) is 5.56 Å². The third-order valence-corrected chi connectivity index (χ3v) is 4.68. The highest BCUT2D eigenvalue weighted by Crippen LogP contribution is 2.26. The van der Waals surface area contributed by atoms with Gasteiger partial charge in [0.25, 0.3) is 0 Å². The number of carbonyl (C=O) groups is 1. The Balaban J connectivity index is 1.35. The second-order valence-corrected chi connectivity index (χ2v) is 6.37. The van der Waals surface area contributed by atoms with Crippen molar-refractivity contribution in [1.82, 2.24) is 19.6 Å². The molecule has 0 saturated carbocycles. The Morgan fingerprint density at radius 1 is 1.17 bits per heavy atom. The predicted molar refractivity (Wildman–Crippen MR) is 88.4 cm³/mol. The molecule has 1 aromatic heterocycles. The molecule has 120 valence electrons. The molecule has 2 saturated heterocycles. The minimum atomic E-state index is 0.0591. The van der Waals surface area contributed by atoms with Crippen molar-refractivity contribution in [3.8, 4) is 0 Å². The topological polar surface area (TPSA) is 44.6 Å². The van der Waals surface area contributed by atoms with Gasteiger partial charge in [-0.3, -0.25) is 14.5 Å². The van der Waals surface area contributed by atoms with Gasteiger partial charge in [0.05, 0.1) is 17.9 Å². The highest BCUT2D eigenvalue weighted by atomic mass is 16.2. The Kier molecular flexibility index (Phi) is 3.53. The van der Waals surface area contributed by atoms with E-state index in [-0.39, 0.29) is 6.03 Å². The van der Waals surface area contributed by atoms with Crippen molar-refractivity contribution in [2.45, 2.75) is 12.6 Å². The molecular formula is C17H21N5O. The van der Waals surface area contributed by atoms with Gasteiger partial charge in [0.2, 0.25) is 0 Å². The van der Waals surface area contributed by atoms with Crippen LogP contribution in [0.1, 0.15) is 11.6 Å². The van der Waals surface area contributed by atoms with Gasteiger partial charge in [0, 0.05) is 46.0 Å². The average Bonchev–Trinajstić information content (AvgIpc) is 3.12. The highest BCUT2D eigenvalue weighted by Gasteiger charge is 2.31. The maximum Gasteiger partial charge on any atom is 0.324 e. The number of anilines is 1. The van der Waals surface area contributed by atoms with Crippen LogP contribution in [-0.4, -0.2) is 58.8 Å². The lowest BCUT2D eigenvalue weighted by Crippen LogP contribution is -2.47. The van der Waals surface area contributed by atoms with Gasteiger partial charge in [-0.1, -0.05) is 30.3 Å². The fourth-order valence-corrected chi connectivity index (χ4v) is 3.23. The molecule has 0 N–H and O–H groups in total. The summed E-state index contributed by atoms with van der Waals surface area (Å²) in [4.78, 5) is 18.0. The first-order chi connectivity index (χ1) is 11.2. The van der Waals surface area contributed by atoms with Crippen LogP contribution in [0.2, 0.25) is 0 Å². The van der Waals surface area contributed by atoms with Crippen LogP contribution < -0.4 is 4.90 Å². The molecule has 4 rings (SSSR count). The summed E-state index contributed by atoms with van der Waals surface area (Å²) in [6.07, 6.45) is 3.80. The Morgan fingerprint density at radius 2 is 1.96 bits per heavy atom. The van der Waals surface area contributed by atoms with Crippen LogP contribution >= 0.6 is 0 Å². The molecule has 0 spiro atoms. The van der Waals surface area contributed by atoms with Crippen molar-refractivity contribution in [2.75, 3.05) is 38.1 Å². The molecule has 2 aliphatic rings. The molecular weight excluding hydrogens is 290 g/mol. The summed E-state index contributed by atoms with van der Waals surface area (Å²) in [6, 6.07) is 11.0. The number of nitrogens with zero attached hydrogens (tertiary/aromatic N) is 5. The zero-order chi connectivity index (χ0) is 15.8. The van der Waals surface area contributed by atoms with Crippen LogP contribution in [0.5, 0.6) is 0 Å². The summed E-state index contributed by atoms with van der Waals surface area (Å²) < 4.78 is 2.00. The molecule has 0 bridgehead atoms. The average molecular weight is 311 g/mol. The molecule has 0 radical (unpaired) electrons. The van der Waals surface area contributed by atoms with E-state index in [1.165, 1.54) is 5.56 Å². The van der Waals surface area contributed by atoms with E-state index < -0.39 is 0 Å². The van der Waals surface area contributed by atoms with Crippen LogP contribution in [0.3, 0.4) is 0 Å². The third-order valence-electron chi connectivity index (χ3n) is 4.68. The molecule has 0 unspecified atom stereocenters. The predicted octanol–water partition coefficient (Wildman–Crippen LogP) is 1.81. The minimum absolute atomic E-state index is 0.0591. The zero-order valence-electron chi connectivity index (χ0n) is 13.3. The lowest BCUT2D eigenvalue weighted by atomic mass is 10.1. The summed E-state index contributed by atoms with van der Waals surface area (Å²) in [5.41, 5.74) is 2.25. The van der Waals surface area contributed by atoms with Gasteiger partial charge < -0.3 is 4.90 Å². The van der Waals surface area contributed by atoms with E-state index in [2.05, 4.69) is 34.3 Å². The first-order valence-corrected chi connectivity index (χ1v) is 8.04. The van der Waals surface area contributed by atoms with Gasteiger partial charge in [-0.15, -0.1) is 0 Å². The molecule has 0 aliphatic carbocycles. The van der Waals surface area contributed by atoms with Crippen molar-refractivity contribution in [3.63, 3.8) is 0 Å². The molecule has 1 aromatic carbocycles. The Morgan fingerprint density at radius 3 is 2.65 bits per heavy atom. The maximum absolute atomic E-state index is 12.0. The maximum atomic E-state index is 12.0. The second kappa shape index (κ2) is 5.70. The van der Waals surface area contributed by atoms with Crippen molar-refractivity contribution in [2.24, 2.45) is 0 Å². The van der Waals surface area contributed by atoms with E-state index in [0.717, 1.165) is 38.4 Å². The summed E-state index contributed by atoms with van der Waals surface area (Å²) in [5, 5.41) is 4.46. The zero-order valence-corrected chi connectivity index (χ0v) is 13.3. The van der Waals surface area contributed by atoms with Crippen LogP contribution in [0.4, 0.5) is 10.5 Å². The Labute approximate surface area is 135 Å². The number of amides is 2. The van der Waals surface area contributed by atoms with Gasteiger partial charge in [0.15, 0.2) is 0 Å². The van der Waals surface area contributed by atoms with Crippen molar-refractivity contribution in [1.29, 1.82) is 0 Å². The van der Waals surface area contributed by atoms with E-state index in [9.17, 15) is 4.79 Å². The number of aromatic nitrogens is 2. The van der Waals surface area contributed by atoms with Crippen molar-refractivity contribution >= 4 is 11.7 Å². The molecule has 0 atom stereocenters. The fourth-order valence-electron chi connectivity index (χ4n) is 3.23. The Hall–Kier alpha value is -2.34. The quantitative estimate of drug-likeness (QED) is 0.865. The molecule has 2 amide bonds. The summed E-state index contributed by atoms with van der Waals surface area (Å²) in [5.74, 6) is 0. The fraction of sp³-hybridized carbons (Fsp3) is 0.412. The molecule has 3 heterocycles. The van der Waals surface area contributed by atoms with Crippen LogP contribution in [0, 0.1) is 0 Å². The molecule has 2 aliphatic heterocycles. The van der Waals surface area contributed by atoms with Gasteiger partial charge in [0.1, 0.15) is 0 Å². The van der Waals surface area contributed by atoms with E-state index >= 15 is 0 Å². The van der Waals surface area contributed by atoms with Gasteiger partial charge in [-0.2, -0.15) is 5.10 Å². The lowest BCUT2D eigenvalue weighted by molar-refractivity contribution is 0.0909. The van der Waals surface area contributed by atoms with E-state index in [1.54, 1.807) is 16.0 Å². The number of rotatable bonds is 4. The largest absolute Gasteiger partial charge is 0.326 e. The first kappa shape index (κ1) is 14.3. The van der Waals surface area contributed by atoms with E-state index in [1.807, 2.05) is 24.0 Å². The van der Waals surface area contributed by atoms with E-state index in [4.69, 9.17) is 0 Å².